The molecule has 1 heterocycles. The summed E-state index contributed by atoms with van der Waals surface area (Å²) in [4.78, 5) is 14.4. The molecule has 0 aromatic heterocycles. The molecule has 6 heteroatoms. The van der Waals surface area contributed by atoms with Gasteiger partial charge in [0.2, 0.25) is 0 Å². The number of carboxylic acid groups (broad SMARTS) is 1. The van der Waals surface area contributed by atoms with E-state index in [1.165, 1.54) is 11.8 Å². The SMILES string of the molecule is O=C(O)CSC1=N/C(=C/I)CS1. The van der Waals surface area contributed by atoms with Crippen LogP contribution in [0.15, 0.2) is 14.8 Å². The van der Waals surface area contributed by atoms with Crippen molar-refractivity contribution in [2.75, 3.05) is 11.5 Å². The summed E-state index contributed by atoms with van der Waals surface area (Å²) in [7, 11) is 0. The van der Waals surface area contributed by atoms with Crippen molar-refractivity contribution in [3.8, 4) is 0 Å². The normalized spacial score (nSPS) is 19.8. The molecule has 0 saturated carbocycles. The lowest BCUT2D eigenvalue weighted by molar-refractivity contribution is -0.133. The molecule has 1 aliphatic rings. The largest absolute Gasteiger partial charge is 0.481 e. The Kier molecular flexibility index (Phi) is 4.44. The molecule has 1 rings (SSSR count). The Labute approximate surface area is 92.2 Å². The molecule has 0 spiro atoms. The number of aliphatic imine (C=N–C) groups is 1. The molecule has 1 aliphatic heterocycles. The van der Waals surface area contributed by atoms with Gasteiger partial charge < -0.3 is 5.11 Å². The number of nitrogens with zero attached hydrogens (tertiary/aromatic N) is 1. The number of carboxylic acids is 1. The van der Waals surface area contributed by atoms with E-state index in [-0.39, 0.29) is 5.75 Å². The predicted molar refractivity (Wildman–Crippen MR) is 62.1 cm³/mol. The zero-order valence-corrected chi connectivity index (χ0v) is 9.78. The number of rotatable bonds is 2. The Morgan fingerprint density at radius 1 is 1.92 bits per heavy atom. The number of aliphatic carboxylic acids is 1. The van der Waals surface area contributed by atoms with Gasteiger partial charge in [-0.25, -0.2) is 4.99 Å². The first kappa shape index (κ1) is 10.4. The highest BCUT2D eigenvalue weighted by Gasteiger charge is 2.12. The highest BCUT2D eigenvalue weighted by Crippen LogP contribution is 2.28. The molecule has 0 aromatic carbocycles. The molecule has 12 heavy (non-hydrogen) atoms. The van der Waals surface area contributed by atoms with Gasteiger partial charge in [-0.1, -0.05) is 46.1 Å². The molecule has 0 unspecified atom stereocenters. The lowest BCUT2D eigenvalue weighted by Gasteiger charge is -1.92. The van der Waals surface area contributed by atoms with Gasteiger partial charge >= 0.3 is 5.97 Å². The van der Waals surface area contributed by atoms with Crippen molar-refractivity contribution in [3.63, 3.8) is 0 Å². The van der Waals surface area contributed by atoms with Gasteiger partial charge in [0.15, 0.2) is 0 Å². The summed E-state index contributed by atoms with van der Waals surface area (Å²) in [5.74, 6) is 0.167. The van der Waals surface area contributed by atoms with E-state index in [1.54, 1.807) is 11.8 Å². The zero-order valence-electron chi connectivity index (χ0n) is 5.99. The van der Waals surface area contributed by atoms with Gasteiger partial charge in [0.05, 0.1) is 11.4 Å². The average Bonchev–Trinajstić information content (AvgIpc) is 2.48. The molecule has 66 valence electrons. The van der Waals surface area contributed by atoms with E-state index in [1.807, 2.05) is 4.08 Å². The van der Waals surface area contributed by atoms with E-state index >= 15 is 0 Å². The molecule has 1 N–H and O–H groups in total. The molecule has 0 saturated heterocycles. The van der Waals surface area contributed by atoms with Crippen LogP contribution in [0.3, 0.4) is 0 Å². The van der Waals surface area contributed by atoms with Crippen molar-refractivity contribution in [1.82, 2.24) is 0 Å². The third kappa shape index (κ3) is 3.36. The van der Waals surface area contributed by atoms with Crippen molar-refractivity contribution in [2.45, 2.75) is 0 Å². The molecular weight excluding hydrogens is 309 g/mol. The molecule has 0 radical (unpaired) electrons. The van der Waals surface area contributed by atoms with Gasteiger partial charge in [-0.15, -0.1) is 0 Å². The second-order valence-corrected chi connectivity index (χ2v) is 4.76. The lowest BCUT2D eigenvalue weighted by atomic mass is 10.6. The molecule has 3 nitrogen and oxygen atoms in total. The molecular formula is C6H6INO2S2. The third-order valence-electron chi connectivity index (χ3n) is 1.02. The van der Waals surface area contributed by atoms with Crippen LogP contribution in [-0.2, 0) is 4.79 Å². The van der Waals surface area contributed by atoms with Gasteiger partial charge in [0, 0.05) is 5.75 Å². The van der Waals surface area contributed by atoms with E-state index in [9.17, 15) is 4.79 Å². The van der Waals surface area contributed by atoms with Gasteiger partial charge in [0.25, 0.3) is 0 Å². The van der Waals surface area contributed by atoms with Gasteiger partial charge in [0.1, 0.15) is 4.38 Å². The standard InChI is InChI=1S/C6H6INO2S2/c7-1-4-2-11-6(8-4)12-3-5(9)10/h1H,2-3H2,(H,9,10)/b4-1+. The first-order valence-corrected chi connectivity index (χ1v) is 6.29. The van der Waals surface area contributed by atoms with E-state index in [0.29, 0.717) is 0 Å². The molecule has 0 fully saturated rings. The van der Waals surface area contributed by atoms with Crippen LogP contribution >= 0.6 is 46.1 Å². The summed E-state index contributed by atoms with van der Waals surface area (Å²) in [5, 5.41) is 8.40. The summed E-state index contributed by atoms with van der Waals surface area (Å²) < 4.78 is 2.78. The third-order valence-corrected chi connectivity index (χ3v) is 3.96. The number of carbonyl (C=O) groups is 1. The van der Waals surface area contributed by atoms with Gasteiger partial charge in [-0.05, 0) is 4.08 Å². The first-order valence-electron chi connectivity index (χ1n) is 3.07. The molecule has 0 amide bonds. The number of hydrogen-bond donors (Lipinski definition) is 1. The van der Waals surface area contributed by atoms with Crippen LogP contribution < -0.4 is 0 Å². The monoisotopic (exact) mass is 315 g/mol. The minimum Gasteiger partial charge on any atom is -0.481 e. The molecule has 0 atom stereocenters. The fourth-order valence-electron chi connectivity index (χ4n) is 0.571. The molecule has 0 bridgehead atoms. The Balaban J connectivity index is 2.40. The van der Waals surface area contributed by atoms with Crippen molar-refractivity contribution in [3.05, 3.63) is 9.78 Å². The Bertz CT molecular complexity index is 252. The fourth-order valence-corrected chi connectivity index (χ4v) is 2.95. The van der Waals surface area contributed by atoms with Gasteiger partial charge in [-0.3, -0.25) is 4.79 Å². The van der Waals surface area contributed by atoms with E-state index in [2.05, 4.69) is 27.6 Å². The quantitative estimate of drug-likeness (QED) is 0.794. The Hall–Kier alpha value is 0.310. The maximum absolute atomic E-state index is 10.2. The first-order chi connectivity index (χ1) is 5.72. The summed E-state index contributed by atoms with van der Waals surface area (Å²) in [6.07, 6.45) is 0. The van der Waals surface area contributed by atoms with Crippen LogP contribution in [-0.4, -0.2) is 27.0 Å². The summed E-state index contributed by atoms with van der Waals surface area (Å²) >= 11 is 5.01. The maximum atomic E-state index is 10.2. The highest BCUT2D eigenvalue weighted by molar-refractivity contribution is 14.1. The zero-order chi connectivity index (χ0) is 8.97. The van der Waals surface area contributed by atoms with Crippen LogP contribution in [0.4, 0.5) is 0 Å². The summed E-state index contributed by atoms with van der Waals surface area (Å²) in [5.41, 5.74) is 1.02. The second kappa shape index (κ2) is 5.13. The minimum absolute atomic E-state index is 0.0976. The average molecular weight is 315 g/mol. The Morgan fingerprint density at radius 3 is 3.17 bits per heavy atom. The summed E-state index contributed by atoms with van der Waals surface area (Å²) in [6.45, 7) is 0. The maximum Gasteiger partial charge on any atom is 0.313 e. The van der Waals surface area contributed by atoms with Crippen molar-refractivity contribution in [2.24, 2.45) is 4.99 Å². The van der Waals surface area contributed by atoms with Crippen LogP contribution in [0.2, 0.25) is 0 Å². The minimum atomic E-state index is -0.796. The van der Waals surface area contributed by atoms with Crippen LogP contribution in [0.25, 0.3) is 0 Å². The highest BCUT2D eigenvalue weighted by atomic mass is 127. The van der Waals surface area contributed by atoms with Crippen molar-refractivity contribution in [1.29, 1.82) is 0 Å². The topological polar surface area (TPSA) is 49.7 Å². The van der Waals surface area contributed by atoms with Crippen molar-refractivity contribution < 1.29 is 9.90 Å². The second-order valence-electron chi connectivity index (χ2n) is 1.95. The van der Waals surface area contributed by atoms with Crippen molar-refractivity contribution >= 4 is 56.5 Å². The van der Waals surface area contributed by atoms with Crippen LogP contribution in [0.5, 0.6) is 0 Å². The van der Waals surface area contributed by atoms with E-state index in [0.717, 1.165) is 15.8 Å². The van der Waals surface area contributed by atoms with Crippen LogP contribution in [0.1, 0.15) is 0 Å². The van der Waals surface area contributed by atoms with Crippen LogP contribution in [0, 0.1) is 0 Å². The number of hydrogen-bond acceptors (Lipinski definition) is 4. The lowest BCUT2D eigenvalue weighted by Crippen LogP contribution is -1.99. The number of thioether (sulfide) groups is 2. The molecule has 0 aliphatic carbocycles. The van der Waals surface area contributed by atoms with E-state index in [4.69, 9.17) is 5.11 Å². The van der Waals surface area contributed by atoms with E-state index < -0.39 is 5.97 Å². The predicted octanol–water partition coefficient (Wildman–Crippen LogP) is 2.18. The fraction of sp³-hybridized carbons (Fsp3) is 0.333. The Morgan fingerprint density at radius 2 is 2.67 bits per heavy atom. The smallest absolute Gasteiger partial charge is 0.313 e. The molecule has 0 aromatic rings. The van der Waals surface area contributed by atoms with Gasteiger partial charge in [-0.2, -0.15) is 0 Å². The summed E-state index contributed by atoms with van der Waals surface area (Å²) in [6, 6.07) is 0. The number of halogens is 1.